The van der Waals surface area contributed by atoms with Gasteiger partial charge < -0.3 is 18.9 Å². The minimum atomic E-state index is -3.57. The minimum Gasteiger partial charge on any atom is -0.486 e. The van der Waals surface area contributed by atoms with E-state index in [1.807, 2.05) is 0 Å². The second-order valence-electron chi connectivity index (χ2n) is 7.97. The van der Waals surface area contributed by atoms with Crippen molar-refractivity contribution in [3.8, 4) is 11.5 Å². The summed E-state index contributed by atoms with van der Waals surface area (Å²) in [6.07, 6.45) is 1.76. The molecule has 1 saturated heterocycles. The highest BCUT2D eigenvalue weighted by Crippen LogP contribution is 2.33. The Bertz CT molecular complexity index is 1020. The molecule has 0 bridgehead atoms. The molecular weight excluding hydrogens is 404 g/mol. The van der Waals surface area contributed by atoms with E-state index in [2.05, 4.69) is 30.5 Å². The fourth-order valence-corrected chi connectivity index (χ4v) is 5.59. The molecule has 7 nitrogen and oxygen atoms in total. The third-order valence-corrected chi connectivity index (χ3v) is 7.68. The predicted octanol–water partition coefficient (Wildman–Crippen LogP) is 2.90. The first-order valence-electron chi connectivity index (χ1n) is 10.4. The molecule has 0 unspecified atom stereocenters. The Morgan fingerprint density at radius 2 is 1.63 bits per heavy atom. The summed E-state index contributed by atoms with van der Waals surface area (Å²) >= 11 is 0. The number of amides is 1. The average molecular weight is 433 g/mol. The number of aryl methyl sites for hydroxylation is 2. The molecule has 3 heterocycles. The van der Waals surface area contributed by atoms with E-state index in [4.69, 9.17) is 9.47 Å². The van der Waals surface area contributed by atoms with Crippen molar-refractivity contribution in [2.45, 2.75) is 44.0 Å². The number of benzene rings is 1. The van der Waals surface area contributed by atoms with Gasteiger partial charge in [-0.1, -0.05) is 0 Å². The normalized spacial score (nSPS) is 17.2. The van der Waals surface area contributed by atoms with Crippen LogP contribution in [0.5, 0.6) is 11.5 Å². The summed E-state index contributed by atoms with van der Waals surface area (Å²) in [7, 11) is -3.57. The smallest absolute Gasteiger partial charge is 0.223 e. The maximum atomic E-state index is 12.7. The third-order valence-electron chi connectivity index (χ3n) is 5.97. The highest BCUT2D eigenvalue weighted by molar-refractivity contribution is 7.91. The van der Waals surface area contributed by atoms with Gasteiger partial charge in [0, 0.05) is 43.0 Å². The van der Waals surface area contributed by atoms with Gasteiger partial charge >= 0.3 is 0 Å². The van der Waals surface area contributed by atoms with E-state index in [1.165, 1.54) is 23.5 Å². The first kappa shape index (κ1) is 20.8. The molecule has 8 heteroatoms. The van der Waals surface area contributed by atoms with E-state index < -0.39 is 9.84 Å². The molecule has 2 aromatic rings. The number of carbonyl (C=O) groups excluding carboxylic acids is 1. The summed E-state index contributed by atoms with van der Waals surface area (Å²) < 4.78 is 38.7. The van der Waals surface area contributed by atoms with Crippen LogP contribution in [-0.4, -0.2) is 55.8 Å². The lowest BCUT2D eigenvalue weighted by molar-refractivity contribution is -0.132. The van der Waals surface area contributed by atoms with Crippen molar-refractivity contribution >= 4 is 15.7 Å². The number of aromatic nitrogens is 1. The SMILES string of the molecule is Cc1ccc(C)n1C1CCN(C(=O)CCS(=O)(=O)c2ccc3c(c2)OCCO3)CC1. The number of likely N-dealkylation sites (tertiary alicyclic amines) is 1. The Morgan fingerprint density at radius 1 is 1.00 bits per heavy atom. The van der Waals surface area contributed by atoms with Crippen molar-refractivity contribution in [1.29, 1.82) is 0 Å². The van der Waals surface area contributed by atoms with Gasteiger partial charge in [-0.25, -0.2) is 8.42 Å². The van der Waals surface area contributed by atoms with Crippen LogP contribution in [0.4, 0.5) is 0 Å². The standard InChI is InChI=1S/C22H28N2O5S/c1-16-3-4-17(2)24(16)18-7-10-23(11-8-18)22(25)9-14-30(26,27)19-5-6-20-21(15-19)29-13-12-28-20/h3-6,15,18H,7-14H2,1-2H3. The number of nitrogens with zero attached hydrogens (tertiary/aromatic N) is 2. The number of fused-ring (bicyclic) bond motifs is 1. The Labute approximate surface area is 177 Å². The van der Waals surface area contributed by atoms with Crippen molar-refractivity contribution in [1.82, 2.24) is 9.47 Å². The van der Waals surface area contributed by atoms with Crippen LogP contribution < -0.4 is 9.47 Å². The number of piperidine rings is 1. The molecule has 0 radical (unpaired) electrons. The number of carbonyl (C=O) groups is 1. The second-order valence-corrected chi connectivity index (χ2v) is 10.1. The zero-order valence-electron chi connectivity index (χ0n) is 17.5. The van der Waals surface area contributed by atoms with E-state index in [-0.39, 0.29) is 23.0 Å². The molecular formula is C22H28N2O5S. The van der Waals surface area contributed by atoms with Gasteiger partial charge in [0.05, 0.1) is 10.6 Å². The summed E-state index contributed by atoms with van der Waals surface area (Å²) in [4.78, 5) is 14.6. The van der Waals surface area contributed by atoms with Crippen LogP contribution in [0.25, 0.3) is 0 Å². The Kier molecular flexibility index (Phi) is 5.77. The van der Waals surface area contributed by atoms with E-state index in [0.717, 1.165) is 12.8 Å². The van der Waals surface area contributed by atoms with Crippen molar-refractivity contribution < 1.29 is 22.7 Å². The van der Waals surface area contributed by atoms with Crippen molar-refractivity contribution in [2.75, 3.05) is 32.1 Å². The zero-order valence-corrected chi connectivity index (χ0v) is 18.3. The molecule has 0 spiro atoms. The lowest BCUT2D eigenvalue weighted by Gasteiger charge is -2.34. The van der Waals surface area contributed by atoms with Gasteiger partial charge in [-0.15, -0.1) is 0 Å². The number of hydrogen-bond donors (Lipinski definition) is 0. The van der Waals surface area contributed by atoms with Crippen molar-refractivity contribution in [2.24, 2.45) is 0 Å². The number of rotatable bonds is 5. The Hall–Kier alpha value is -2.48. The van der Waals surface area contributed by atoms with Crippen LogP contribution in [0.1, 0.15) is 36.7 Å². The molecule has 2 aliphatic rings. The number of ether oxygens (including phenoxy) is 2. The monoisotopic (exact) mass is 432 g/mol. The lowest BCUT2D eigenvalue weighted by Crippen LogP contribution is -2.40. The van der Waals surface area contributed by atoms with Crippen LogP contribution in [-0.2, 0) is 14.6 Å². The minimum absolute atomic E-state index is 0.0109. The van der Waals surface area contributed by atoms with Crippen LogP contribution in [0, 0.1) is 13.8 Å². The van der Waals surface area contributed by atoms with Crippen LogP contribution in [0.2, 0.25) is 0 Å². The first-order valence-corrected chi connectivity index (χ1v) is 12.0. The van der Waals surface area contributed by atoms with E-state index in [0.29, 0.717) is 43.8 Å². The summed E-state index contributed by atoms with van der Waals surface area (Å²) in [5.41, 5.74) is 2.48. The van der Waals surface area contributed by atoms with Gasteiger partial charge in [0.15, 0.2) is 21.3 Å². The highest BCUT2D eigenvalue weighted by Gasteiger charge is 2.27. The fourth-order valence-electron chi connectivity index (χ4n) is 4.34. The molecule has 30 heavy (non-hydrogen) atoms. The van der Waals surface area contributed by atoms with Gasteiger partial charge in [-0.2, -0.15) is 0 Å². The molecule has 162 valence electrons. The van der Waals surface area contributed by atoms with Crippen LogP contribution in [0.3, 0.4) is 0 Å². The second kappa shape index (κ2) is 8.34. The molecule has 4 rings (SSSR count). The molecule has 0 saturated carbocycles. The summed E-state index contributed by atoms with van der Waals surface area (Å²) in [6.45, 7) is 6.37. The maximum absolute atomic E-state index is 12.7. The average Bonchev–Trinajstić information content (AvgIpc) is 3.10. The molecule has 1 amide bonds. The fraction of sp³-hybridized carbons (Fsp3) is 0.500. The largest absolute Gasteiger partial charge is 0.486 e. The lowest BCUT2D eigenvalue weighted by atomic mass is 10.0. The predicted molar refractivity (Wildman–Crippen MR) is 113 cm³/mol. The van der Waals surface area contributed by atoms with Crippen molar-refractivity contribution in [3.05, 3.63) is 41.7 Å². The maximum Gasteiger partial charge on any atom is 0.223 e. The van der Waals surface area contributed by atoms with Gasteiger partial charge in [-0.05, 0) is 51.0 Å². The summed E-state index contributed by atoms with van der Waals surface area (Å²) in [5.74, 6) is 0.676. The molecule has 0 aliphatic carbocycles. The molecule has 0 N–H and O–H groups in total. The topological polar surface area (TPSA) is 77.8 Å². The number of hydrogen-bond acceptors (Lipinski definition) is 5. The molecule has 2 aliphatic heterocycles. The van der Waals surface area contributed by atoms with Gasteiger partial charge in [0.1, 0.15) is 13.2 Å². The van der Waals surface area contributed by atoms with Crippen molar-refractivity contribution in [3.63, 3.8) is 0 Å². The zero-order chi connectivity index (χ0) is 21.3. The van der Waals surface area contributed by atoms with Crippen LogP contribution in [0.15, 0.2) is 35.2 Å². The highest BCUT2D eigenvalue weighted by atomic mass is 32.2. The molecule has 1 fully saturated rings. The summed E-state index contributed by atoms with van der Waals surface area (Å²) in [5, 5.41) is 0. The number of sulfone groups is 1. The Balaban J connectivity index is 1.33. The Morgan fingerprint density at radius 3 is 2.30 bits per heavy atom. The van der Waals surface area contributed by atoms with Gasteiger partial charge in [-0.3, -0.25) is 4.79 Å². The first-order chi connectivity index (χ1) is 14.3. The van der Waals surface area contributed by atoms with Crippen LogP contribution >= 0.6 is 0 Å². The quantitative estimate of drug-likeness (QED) is 0.726. The molecule has 1 aromatic heterocycles. The van der Waals surface area contributed by atoms with E-state index >= 15 is 0 Å². The van der Waals surface area contributed by atoms with E-state index in [1.54, 1.807) is 11.0 Å². The molecule has 0 atom stereocenters. The van der Waals surface area contributed by atoms with Gasteiger partial charge in [0.25, 0.3) is 0 Å². The van der Waals surface area contributed by atoms with E-state index in [9.17, 15) is 13.2 Å². The van der Waals surface area contributed by atoms with Gasteiger partial charge in [0.2, 0.25) is 5.91 Å². The summed E-state index contributed by atoms with van der Waals surface area (Å²) in [6, 6.07) is 9.25. The molecule has 1 aromatic carbocycles. The third kappa shape index (κ3) is 4.19.